The largest absolute Gasteiger partial charge is 0.454 e. The molecule has 266 valence electrons. The van der Waals surface area contributed by atoms with Gasteiger partial charge in [-0.15, -0.1) is 0 Å². The maximum absolute atomic E-state index is 9.40. The zero-order chi connectivity index (χ0) is 45.3. The van der Waals surface area contributed by atoms with Gasteiger partial charge in [0.2, 0.25) is 0 Å². The molecule has 0 atom stereocenters. The van der Waals surface area contributed by atoms with Crippen LogP contribution in [0.3, 0.4) is 0 Å². The van der Waals surface area contributed by atoms with Crippen LogP contribution in [0.1, 0.15) is 34.9 Å². The van der Waals surface area contributed by atoms with Crippen molar-refractivity contribution in [2.75, 3.05) is 0 Å². The van der Waals surface area contributed by atoms with Crippen LogP contribution in [0, 0.1) is 0 Å². The molecule has 57 heavy (non-hydrogen) atoms. The van der Waals surface area contributed by atoms with Gasteiger partial charge in [0.15, 0.2) is 23.1 Å². The Morgan fingerprint density at radius 2 is 1.07 bits per heavy atom. The minimum absolute atomic E-state index is 0.0581. The molecule has 12 rings (SSSR count). The van der Waals surface area contributed by atoms with Crippen LogP contribution in [0.25, 0.3) is 94.7 Å². The molecule has 0 fully saturated rings. The number of benzene rings is 8. The molecule has 0 spiro atoms. The molecule has 0 aliphatic heterocycles. The minimum Gasteiger partial charge on any atom is -0.454 e. The van der Waals surface area contributed by atoms with E-state index in [2.05, 4.69) is 0 Å². The Morgan fingerprint density at radius 3 is 1.79 bits per heavy atom. The first-order valence-electron chi connectivity index (χ1n) is 23.1. The number of hydrogen-bond donors (Lipinski definition) is 0. The number of fused-ring (bicyclic) bond motifs is 9. The lowest BCUT2D eigenvalue weighted by Crippen LogP contribution is -2.00. The van der Waals surface area contributed by atoms with E-state index in [4.69, 9.17) is 27.6 Å². The smallest absolute Gasteiger partial charge is 0.164 e. The Labute approximate surface area is 340 Å². The molecule has 5 heteroatoms. The first kappa shape index (κ1) is 24.0. The third-order valence-corrected chi connectivity index (χ3v) is 10.9. The number of para-hydroxylation sites is 2. The number of aromatic nitrogens is 4. The molecule has 0 unspecified atom stereocenters. The maximum atomic E-state index is 9.40. The summed E-state index contributed by atoms with van der Waals surface area (Å²) in [6.45, 7) is 0. The van der Waals surface area contributed by atoms with Crippen LogP contribution in [0.15, 0.2) is 192 Å². The number of rotatable bonds is 5. The van der Waals surface area contributed by atoms with E-state index >= 15 is 0 Å². The lowest BCUT2D eigenvalue weighted by atomic mass is 9.86. The third kappa shape index (κ3) is 4.79. The Morgan fingerprint density at radius 1 is 0.456 bits per heavy atom. The van der Waals surface area contributed by atoms with Crippen LogP contribution in [0.5, 0.6) is 0 Å². The van der Waals surface area contributed by atoms with E-state index < -0.39 is 30.1 Å². The van der Waals surface area contributed by atoms with Crippen LogP contribution >= 0.6 is 0 Å². The van der Waals surface area contributed by atoms with E-state index in [-0.39, 0.29) is 52.5 Å². The summed E-state index contributed by atoms with van der Waals surface area (Å²) < 4.78 is 89.3. The van der Waals surface area contributed by atoms with E-state index in [9.17, 15) is 4.11 Å². The van der Waals surface area contributed by atoms with Crippen molar-refractivity contribution in [1.82, 2.24) is 19.5 Å². The van der Waals surface area contributed by atoms with Gasteiger partial charge in [-0.2, -0.15) is 0 Å². The lowest BCUT2D eigenvalue weighted by molar-refractivity contribution is 0.666. The second kappa shape index (κ2) is 12.4. The number of nitrogens with zero attached hydrogens (tertiary/aromatic N) is 4. The van der Waals surface area contributed by atoms with Crippen LogP contribution in [0.4, 0.5) is 0 Å². The van der Waals surface area contributed by atoms with Crippen LogP contribution in [-0.2, 0) is 0 Å². The monoisotopic (exact) mass is 737 g/mol. The average Bonchev–Trinajstić information content (AvgIpc) is 4.03. The summed E-state index contributed by atoms with van der Waals surface area (Å²) in [4.78, 5) is 15.0. The summed E-state index contributed by atoms with van der Waals surface area (Å²) >= 11 is 0. The van der Waals surface area contributed by atoms with Crippen molar-refractivity contribution in [1.29, 1.82) is 0 Å². The molecule has 0 radical (unpaired) electrons. The SMILES string of the molecule is [2H]c1c([2H])c([2H])c2c(c1[2H])-c1c([2H])c([2H])c([2H])c([2H])c1C2c1cccc2c1c1cccc([2H])c1n2-c1cccc2c1oc1cccc(-c3nc(-c4ccccc4)nc(-c4ccccc4)n3)c12. The predicted molar refractivity (Wildman–Crippen MR) is 231 cm³/mol. The maximum Gasteiger partial charge on any atom is 0.164 e. The molecular formula is C52H32N4O. The molecule has 1 aliphatic rings. The molecule has 1 aliphatic carbocycles. The van der Waals surface area contributed by atoms with Crippen molar-refractivity contribution < 1.29 is 16.8 Å². The summed E-state index contributed by atoms with van der Waals surface area (Å²) in [5.41, 5.74) is 6.41. The van der Waals surface area contributed by atoms with Crippen molar-refractivity contribution in [2.24, 2.45) is 0 Å². The Balaban J connectivity index is 1.13. The summed E-state index contributed by atoms with van der Waals surface area (Å²) in [6.07, 6.45) is 0. The Bertz CT molecular complexity index is 3760. The van der Waals surface area contributed by atoms with Gasteiger partial charge in [0.25, 0.3) is 0 Å². The molecule has 11 aromatic rings. The molecule has 5 nitrogen and oxygen atoms in total. The minimum atomic E-state index is -1.01. The highest BCUT2D eigenvalue weighted by atomic mass is 16.3. The van der Waals surface area contributed by atoms with Gasteiger partial charge in [-0.3, -0.25) is 0 Å². The normalized spacial score (nSPS) is 14.7. The van der Waals surface area contributed by atoms with E-state index in [0.717, 1.165) is 27.5 Å². The van der Waals surface area contributed by atoms with Crippen molar-refractivity contribution in [3.05, 3.63) is 205 Å². The van der Waals surface area contributed by atoms with E-state index in [1.54, 1.807) is 12.1 Å². The molecule has 0 saturated carbocycles. The molecule has 3 aromatic heterocycles. The predicted octanol–water partition coefficient (Wildman–Crippen LogP) is 13.0. The van der Waals surface area contributed by atoms with Crippen molar-refractivity contribution in [2.45, 2.75) is 5.92 Å². The molecule has 0 amide bonds. The second-order valence-electron chi connectivity index (χ2n) is 14.0. The number of furan rings is 1. The van der Waals surface area contributed by atoms with Gasteiger partial charge in [-0.25, -0.2) is 15.0 Å². The van der Waals surface area contributed by atoms with Crippen molar-refractivity contribution >= 4 is 43.7 Å². The first-order valence-corrected chi connectivity index (χ1v) is 18.6. The van der Waals surface area contributed by atoms with E-state index in [1.165, 1.54) is 0 Å². The fourth-order valence-electron chi connectivity index (χ4n) is 8.51. The fraction of sp³-hybridized carbons (Fsp3) is 0.0192. The van der Waals surface area contributed by atoms with Gasteiger partial charge >= 0.3 is 0 Å². The van der Waals surface area contributed by atoms with Gasteiger partial charge in [0.05, 0.1) is 29.1 Å². The summed E-state index contributed by atoms with van der Waals surface area (Å²) in [5, 5.41) is 2.89. The second-order valence-corrected chi connectivity index (χ2v) is 14.0. The van der Waals surface area contributed by atoms with Crippen molar-refractivity contribution in [3.63, 3.8) is 0 Å². The summed E-state index contributed by atoms with van der Waals surface area (Å²) in [5.74, 6) is 0.492. The summed E-state index contributed by atoms with van der Waals surface area (Å²) in [6, 6.07) is 39.1. The third-order valence-electron chi connectivity index (χ3n) is 10.9. The van der Waals surface area contributed by atoms with Crippen molar-refractivity contribution in [3.8, 4) is 51.0 Å². The Kier molecular flexibility index (Phi) is 5.24. The van der Waals surface area contributed by atoms with Crippen LogP contribution in [-0.4, -0.2) is 19.5 Å². The fourth-order valence-corrected chi connectivity index (χ4v) is 8.51. The highest BCUT2D eigenvalue weighted by Crippen LogP contribution is 2.51. The topological polar surface area (TPSA) is 56.7 Å². The van der Waals surface area contributed by atoms with Gasteiger partial charge in [-0.05, 0) is 52.1 Å². The molecular weight excluding hydrogens is 697 g/mol. The van der Waals surface area contributed by atoms with Gasteiger partial charge in [0.1, 0.15) is 5.58 Å². The molecule has 3 heterocycles. The van der Waals surface area contributed by atoms with Gasteiger partial charge in [0, 0.05) is 44.2 Å². The summed E-state index contributed by atoms with van der Waals surface area (Å²) in [7, 11) is 0. The van der Waals surface area contributed by atoms with E-state index in [0.29, 0.717) is 61.7 Å². The highest BCUT2D eigenvalue weighted by molar-refractivity contribution is 6.16. The van der Waals surface area contributed by atoms with Crippen LogP contribution < -0.4 is 0 Å². The Hall–Kier alpha value is -7.63. The van der Waals surface area contributed by atoms with Gasteiger partial charge < -0.3 is 8.98 Å². The first-order chi connectivity index (χ1) is 32.0. The highest BCUT2D eigenvalue weighted by Gasteiger charge is 2.32. The molecule has 0 N–H and O–H groups in total. The van der Waals surface area contributed by atoms with Crippen LogP contribution in [0.2, 0.25) is 0 Å². The standard InChI is InChI=1S/C52H32N4O/c1-3-16-32(17-4-1)50-53-51(33-18-5-2-6-19-33)55-52(54-50)41-27-15-31-45-48(41)40-26-14-30-44(49(40)57-45)56-42-28-12-11-24-38(42)47-39(25-13-29-43(47)56)46-36-22-9-7-20-34(36)35-21-8-10-23-37(35)46/h1-31,46H/i7D,8D,9D,10D,20D,21D,22D,23D,28D. The lowest BCUT2D eigenvalue weighted by Gasteiger charge is -2.16. The zero-order valence-electron chi connectivity index (χ0n) is 39.0. The molecule has 0 bridgehead atoms. The zero-order valence-corrected chi connectivity index (χ0v) is 30.0. The van der Waals surface area contributed by atoms with Gasteiger partial charge in [-0.1, -0.05) is 164 Å². The molecule has 8 aromatic carbocycles. The molecule has 0 saturated heterocycles. The average molecular weight is 738 g/mol. The number of hydrogen-bond acceptors (Lipinski definition) is 4. The van der Waals surface area contributed by atoms with E-state index in [1.807, 2.05) is 126 Å². The quantitative estimate of drug-likeness (QED) is 0.176.